The van der Waals surface area contributed by atoms with E-state index in [0.717, 1.165) is 32.7 Å². The molecule has 0 aromatic carbocycles. The average Bonchev–Trinajstić information content (AvgIpc) is 3.10. The maximum atomic E-state index is 13.3. The van der Waals surface area contributed by atoms with E-state index in [1.54, 1.807) is 32.9 Å². The zero-order chi connectivity index (χ0) is 19.5. The van der Waals surface area contributed by atoms with Gasteiger partial charge in [-0.05, 0) is 33.4 Å². The van der Waals surface area contributed by atoms with Crippen LogP contribution in [0, 0.1) is 0 Å². The maximum absolute atomic E-state index is 13.3. The molecule has 0 bridgehead atoms. The van der Waals surface area contributed by atoms with Crippen molar-refractivity contribution >= 4 is 39.2 Å². The van der Waals surface area contributed by atoms with Gasteiger partial charge in [0.1, 0.15) is 4.75 Å². The molecule has 2 heterocycles. The van der Waals surface area contributed by atoms with Crippen LogP contribution in [0.3, 0.4) is 0 Å². The number of hydrogen-bond acceptors (Lipinski definition) is 5. The van der Waals surface area contributed by atoms with Crippen LogP contribution >= 0.6 is 23.2 Å². The zero-order valence-electron chi connectivity index (χ0n) is 15.9. The van der Waals surface area contributed by atoms with Crippen LogP contribution in [-0.4, -0.2) is 79.0 Å². The Morgan fingerprint density at radius 1 is 1.19 bits per heavy atom. The van der Waals surface area contributed by atoms with E-state index in [1.807, 2.05) is 0 Å². The van der Waals surface area contributed by atoms with Crippen molar-refractivity contribution in [2.24, 2.45) is 4.99 Å². The zero-order valence-corrected chi connectivity index (χ0v) is 18.2. The third-order valence-electron chi connectivity index (χ3n) is 4.80. The molecule has 1 saturated heterocycles. The van der Waals surface area contributed by atoms with E-state index in [9.17, 15) is 8.42 Å². The van der Waals surface area contributed by atoms with Gasteiger partial charge in [-0.3, -0.25) is 4.99 Å². The third-order valence-corrected chi connectivity index (χ3v) is 7.90. The number of guanidine groups is 1. The summed E-state index contributed by atoms with van der Waals surface area (Å²) in [6.07, 6.45) is 3.13. The first-order valence-electron chi connectivity index (χ1n) is 8.85. The summed E-state index contributed by atoms with van der Waals surface area (Å²) in [6, 6.07) is 0. The molecule has 0 unspecified atom stereocenters. The Morgan fingerprint density at radius 2 is 1.81 bits per heavy atom. The molecule has 2 aliphatic rings. The van der Waals surface area contributed by atoms with Crippen LogP contribution in [-0.2, 0) is 10.0 Å². The summed E-state index contributed by atoms with van der Waals surface area (Å²) in [5.74, 6) is 0.567. The van der Waals surface area contributed by atoms with Crippen LogP contribution in [0.25, 0.3) is 0 Å². The molecule has 0 saturated carbocycles. The lowest BCUT2D eigenvalue weighted by atomic mass is 10.2. The number of aliphatic imine (C=N–C) groups is 1. The number of sulfonamides is 1. The minimum absolute atomic E-state index is 0.334. The van der Waals surface area contributed by atoms with Crippen molar-refractivity contribution < 1.29 is 8.42 Å². The molecule has 0 aromatic heterocycles. The van der Waals surface area contributed by atoms with Crippen molar-refractivity contribution in [1.82, 2.24) is 14.1 Å². The number of hydrogen-bond donors (Lipinski definition) is 0. The van der Waals surface area contributed by atoms with Gasteiger partial charge in [0.05, 0.1) is 18.1 Å². The molecule has 0 aliphatic carbocycles. The molecule has 2 aliphatic heterocycles. The van der Waals surface area contributed by atoms with Gasteiger partial charge < -0.3 is 9.80 Å². The fourth-order valence-corrected chi connectivity index (χ4v) is 4.57. The van der Waals surface area contributed by atoms with Gasteiger partial charge in [0.15, 0.2) is 0 Å². The fourth-order valence-electron chi connectivity index (χ4n) is 2.93. The van der Waals surface area contributed by atoms with Crippen molar-refractivity contribution in [1.29, 1.82) is 0 Å². The van der Waals surface area contributed by atoms with Crippen molar-refractivity contribution in [2.45, 2.75) is 32.4 Å². The molecular formula is C17H28Cl2N4O2S. The summed E-state index contributed by atoms with van der Waals surface area (Å²) in [5, 5.41) is 0.759. The minimum atomic E-state index is -3.64. The lowest BCUT2D eigenvalue weighted by molar-refractivity contribution is 0.183. The van der Waals surface area contributed by atoms with Crippen LogP contribution in [0.1, 0.15) is 27.7 Å². The average molecular weight is 423 g/mol. The van der Waals surface area contributed by atoms with Crippen LogP contribution in [0.5, 0.6) is 0 Å². The van der Waals surface area contributed by atoms with Gasteiger partial charge in [0, 0.05) is 31.2 Å². The van der Waals surface area contributed by atoms with Gasteiger partial charge in [-0.15, -0.1) is 0 Å². The molecule has 9 heteroatoms. The highest BCUT2D eigenvalue weighted by Gasteiger charge is 2.42. The molecule has 148 valence electrons. The molecule has 1 fully saturated rings. The summed E-state index contributed by atoms with van der Waals surface area (Å²) in [6.45, 7) is 12.4. The van der Waals surface area contributed by atoms with Crippen LogP contribution in [0.4, 0.5) is 0 Å². The fraction of sp³-hybridized carbons (Fsp3) is 0.706. The lowest BCUT2D eigenvalue weighted by Crippen LogP contribution is -2.55. The molecule has 0 spiro atoms. The maximum Gasteiger partial charge on any atom is 0.246 e. The summed E-state index contributed by atoms with van der Waals surface area (Å²) < 4.78 is 26.9. The molecule has 0 amide bonds. The quantitative estimate of drug-likeness (QED) is 0.638. The number of allylic oxidation sites excluding steroid dienone is 3. The van der Waals surface area contributed by atoms with Crippen molar-refractivity contribution in [2.75, 3.05) is 45.8 Å². The number of rotatable bonds is 5. The molecule has 26 heavy (non-hydrogen) atoms. The first-order chi connectivity index (χ1) is 12.1. The Bertz CT molecular complexity index is 704. The first-order valence-corrected chi connectivity index (χ1v) is 11.0. The summed E-state index contributed by atoms with van der Waals surface area (Å²) in [5.41, 5.74) is 0. The lowest BCUT2D eigenvalue weighted by Gasteiger charge is -2.39. The largest absolute Gasteiger partial charge is 0.339 e. The Morgan fingerprint density at radius 3 is 2.35 bits per heavy atom. The van der Waals surface area contributed by atoms with Crippen LogP contribution < -0.4 is 0 Å². The van der Waals surface area contributed by atoms with Crippen molar-refractivity contribution in [3.05, 3.63) is 22.2 Å². The van der Waals surface area contributed by atoms with E-state index in [1.165, 1.54) is 4.31 Å². The monoisotopic (exact) mass is 422 g/mol. The Labute approximate surface area is 167 Å². The second kappa shape index (κ2) is 8.50. The van der Waals surface area contributed by atoms with Crippen LogP contribution in [0.2, 0.25) is 0 Å². The standard InChI is InChI=1S/C17H28Cl2N4O2S/c1-5-21-10-12-22(13-11-21)16-20-8-9-23(16)26(24,25)17(3,4)7-6-15(19)14(2)18/h6-7H,5,8-13H2,1-4H3/b7-6-,15-14-. The van der Waals surface area contributed by atoms with Gasteiger partial charge in [0.25, 0.3) is 0 Å². The van der Waals surface area contributed by atoms with E-state index in [2.05, 4.69) is 21.7 Å². The van der Waals surface area contributed by atoms with Gasteiger partial charge >= 0.3 is 0 Å². The van der Waals surface area contributed by atoms with Crippen molar-refractivity contribution in [3.8, 4) is 0 Å². The second-order valence-electron chi connectivity index (χ2n) is 7.00. The third kappa shape index (κ3) is 4.55. The summed E-state index contributed by atoms with van der Waals surface area (Å²) in [4.78, 5) is 8.91. The molecule has 0 N–H and O–H groups in total. The number of halogens is 2. The highest BCUT2D eigenvalue weighted by Crippen LogP contribution is 2.27. The van der Waals surface area contributed by atoms with E-state index in [4.69, 9.17) is 23.2 Å². The normalized spacial score (nSPS) is 21.4. The van der Waals surface area contributed by atoms with Gasteiger partial charge in [-0.1, -0.05) is 36.2 Å². The molecule has 0 aromatic rings. The van der Waals surface area contributed by atoms with Crippen molar-refractivity contribution in [3.63, 3.8) is 0 Å². The minimum Gasteiger partial charge on any atom is -0.339 e. The highest BCUT2D eigenvalue weighted by atomic mass is 35.5. The Balaban J connectivity index is 2.20. The number of piperazine rings is 1. The predicted molar refractivity (Wildman–Crippen MR) is 109 cm³/mol. The van der Waals surface area contributed by atoms with Crippen LogP contribution in [0.15, 0.2) is 27.2 Å². The van der Waals surface area contributed by atoms with E-state index < -0.39 is 14.8 Å². The molecular weight excluding hydrogens is 395 g/mol. The SMILES string of the molecule is CCN1CCN(C2=NCCN2S(=O)(=O)C(C)(C)/C=C\C(Cl)=C(/C)Cl)CC1. The Kier molecular flexibility index (Phi) is 7.04. The smallest absolute Gasteiger partial charge is 0.246 e. The molecule has 6 nitrogen and oxygen atoms in total. The molecule has 2 rings (SSSR count). The summed E-state index contributed by atoms with van der Waals surface area (Å²) in [7, 11) is -3.64. The topological polar surface area (TPSA) is 56.2 Å². The van der Waals surface area contributed by atoms with E-state index >= 15 is 0 Å². The number of likely N-dealkylation sites (N-methyl/N-ethyl adjacent to an activating group) is 1. The van der Waals surface area contributed by atoms with Gasteiger partial charge in [-0.2, -0.15) is 0 Å². The van der Waals surface area contributed by atoms with E-state index in [-0.39, 0.29) is 0 Å². The molecule has 0 atom stereocenters. The first kappa shape index (κ1) is 21.5. The second-order valence-corrected chi connectivity index (χ2v) is 10.4. The summed E-state index contributed by atoms with van der Waals surface area (Å²) >= 11 is 11.9. The predicted octanol–water partition coefficient (Wildman–Crippen LogP) is 2.67. The Hall–Kier alpha value is -0.760. The highest BCUT2D eigenvalue weighted by molar-refractivity contribution is 7.91. The van der Waals surface area contributed by atoms with Gasteiger partial charge in [0.2, 0.25) is 16.0 Å². The van der Waals surface area contributed by atoms with E-state index in [0.29, 0.717) is 29.1 Å². The molecule has 0 radical (unpaired) electrons. The van der Waals surface area contributed by atoms with Gasteiger partial charge in [-0.25, -0.2) is 12.7 Å². The number of nitrogens with zero attached hydrogens (tertiary/aromatic N) is 4.